The van der Waals surface area contributed by atoms with Crippen molar-refractivity contribution in [2.75, 3.05) is 57.3 Å². The van der Waals surface area contributed by atoms with Crippen LogP contribution in [0.2, 0.25) is 0 Å². The van der Waals surface area contributed by atoms with Crippen LogP contribution >= 0.6 is 0 Å². The number of hydrogen-bond acceptors (Lipinski definition) is 6. The highest BCUT2D eigenvalue weighted by Gasteiger charge is 2.32. The Morgan fingerprint density at radius 3 is 2.41 bits per heavy atom. The Morgan fingerprint density at radius 1 is 1.14 bits per heavy atom. The van der Waals surface area contributed by atoms with Crippen molar-refractivity contribution in [1.82, 2.24) is 14.5 Å². The Morgan fingerprint density at radius 2 is 1.78 bits per heavy atom. The zero-order chi connectivity index (χ0) is 27.2. The van der Waals surface area contributed by atoms with Gasteiger partial charge in [0, 0.05) is 32.7 Å². The molecule has 1 saturated heterocycles. The average Bonchev–Trinajstić information content (AvgIpc) is 2.82. The predicted octanol–water partition coefficient (Wildman–Crippen LogP) is 2.95. The third-order valence-corrected chi connectivity index (χ3v) is 8.67. The van der Waals surface area contributed by atoms with E-state index in [4.69, 9.17) is 4.74 Å². The first-order valence-corrected chi connectivity index (χ1v) is 15.0. The molecule has 9 nitrogen and oxygen atoms in total. The van der Waals surface area contributed by atoms with E-state index in [1.54, 1.807) is 6.07 Å². The summed E-state index contributed by atoms with van der Waals surface area (Å²) in [5.41, 5.74) is 0.317. The van der Waals surface area contributed by atoms with Gasteiger partial charge in [0.15, 0.2) is 6.61 Å². The Labute approximate surface area is 222 Å². The van der Waals surface area contributed by atoms with Crippen molar-refractivity contribution in [3.05, 3.63) is 18.2 Å². The van der Waals surface area contributed by atoms with Crippen LogP contribution in [-0.4, -0.2) is 81.9 Å². The summed E-state index contributed by atoms with van der Waals surface area (Å²) in [5, 5.41) is 2.92. The Hall–Kier alpha value is -2.17. The summed E-state index contributed by atoms with van der Waals surface area (Å²) in [6.07, 6.45) is 2.46. The summed E-state index contributed by atoms with van der Waals surface area (Å²) in [4.78, 5) is 29.3. The highest BCUT2D eigenvalue weighted by atomic mass is 32.2. The second-order valence-electron chi connectivity index (χ2n) is 11.2. The van der Waals surface area contributed by atoms with Gasteiger partial charge in [-0.25, -0.2) is 8.42 Å². The van der Waals surface area contributed by atoms with E-state index < -0.39 is 10.0 Å². The quantitative estimate of drug-likeness (QED) is 0.413. The molecular formula is C27H44N4O5S. The SMILES string of the molecule is CC(C)CN(CCCNC(=O)CN1C(=O)COc2ccc(S(=O)(=O)N3CCC(C)CC3)cc21)CC(C)C. The number of sulfonamides is 1. The summed E-state index contributed by atoms with van der Waals surface area (Å²) in [7, 11) is -3.70. The van der Waals surface area contributed by atoms with Gasteiger partial charge in [-0.05, 0) is 61.8 Å². The second kappa shape index (κ2) is 13.1. The molecule has 0 bridgehead atoms. The normalized spacial score (nSPS) is 17.4. The number of ether oxygens (including phenoxy) is 1. The maximum atomic E-state index is 13.3. The molecule has 37 heavy (non-hydrogen) atoms. The third kappa shape index (κ3) is 8.15. The molecule has 0 saturated carbocycles. The Kier molecular flexibility index (Phi) is 10.4. The number of nitrogens with zero attached hydrogens (tertiary/aromatic N) is 3. The maximum absolute atomic E-state index is 13.3. The molecule has 2 amide bonds. The van der Waals surface area contributed by atoms with E-state index in [9.17, 15) is 18.0 Å². The van der Waals surface area contributed by atoms with Gasteiger partial charge in [0.25, 0.3) is 5.91 Å². The van der Waals surface area contributed by atoms with Crippen LogP contribution in [0.4, 0.5) is 5.69 Å². The fourth-order valence-electron chi connectivity index (χ4n) is 4.91. The minimum Gasteiger partial charge on any atom is -0.482 e. The number of piperidine rings is 1. The van der Waals surface area contributed by atoms with E-state index in [1.165, 1.54) is 21.3 Å². The summed E-state index contributed by atoms with van der Waals surface area (Å²) in [6.45, 7) is 15.0. The highest BCUT2D eigenvalue weighted by Crippen LogP contribution is 2.35. The number of anilines is 1. The average molecular weight is 537 g/mol. The van der Waals surface area contributed by atoms with Crippen LogP contribution in [0.3, 0.4) is 0 Å². The number of carbonyl (C=O) groups excluding carboxylic acids is 2. The van der Waals surface area contributed by atoms with Gasteiger partial charge in [0.05, 0.1) is 10.6 Å². The van der Waals surface area contributed by atoms with Crippen molar-refractivity contribution < 1.29 is 22.7 Å². The summed E-state index contributed by atoms with van der Waals surface area (Å²) < 4.78 is 33.5. The fraction of sp³-hybridized carbons (Fsp3) is 0.704. The van der Waals surface area contributed by atoms with Gasteiger partial charge in [-0.15, -0.1) is 0 Å². The van der Waals surface area contributed by atoms with Crippen LogP contribution in [0.25, 0.3) is 0 Å². The molecule has 208 valence electrons. The number of nitrogens with one attached hydrogen (secondary N) is 1. The Bertz CT molecular complexity index is 1030. The first kappa shape index (κ1) is 29.4. The van der Waals surface area contributed by atoms with Gasteiger partial charge in [0.1, 0.15) is 12.3 Å². The van der Waals surface area contributed by atoms with Crippen molar-refractivity contribution in [3.63, 3.8) is 0 Å². The van der Waals surface area contributed by atoms with Gasteiger partial charge in [-0.2, -0.15) is 4.31 Å². The van der Waals surface area contributed by atoms with Crippen LogP contribution in [0.15, 0.2) is 23.1 Å². The molecule has 0 unspecified atom stereocenters. The van der Waals surface area contributed by atoms with Crippen LogP contribution in [-0.2, 0) is 19.6 Å². The zero-order valence-corrected chi connectivity index (χ0v) is 23.8. The molecule has 0 atom stereocenters. The largest absolute Gasteiger partial charge is 0.482 e. The minimum absolute atomic E-state index is 0.111. The lowest BCUT2D eigenvalue weighted by Crippen LogP contribution is -2.45. The van der Waals surface area contributed by atoms with Crippen molar-refractivity contribution in [3.8, 4) is 5.75 Å². The second-order valence-corrected chi connectivity index (χ2v) is 13.2. The molecule has 0 aromatic heterocycles. The summed E-state index contributed by atoms with van der Waals surface area (Å²) in [5.74, 6) is 1.41. The molecule has 1 N–H and O–H groups in total. The van der Waals surface area contributed by atoms with Crippen LogP contribution < -0.4 is 15.0 Å². The summed E-state index contributed by atoms with van der Waals surface area (Å²) >= 11 is 0. The van der Waals surface area contributed by atoms with Crippen LogP contribution in [0, 0.1) is 17.8 Å². The molecular weight excluding hydrogens is 492 g/mol. The van der Waals surface area contributed by atoms with Gasteiger partial charge in [-0.1, -0.05) is 34.6 Å². The minimum atomic E-state index is -3.70. The van der Waals surface area contributed by atoms with Crippen LogP contribution in [0.1, 0.15) is 53.9 Å². The molecule has 0 radical (unpaired) electrons. The van der Waals surface area contributed by atoms with Crippen molar-refractivity contribution >= 4 is 27.5 Å². The molecule has 0 spiro atoms. The number of amides is 2. The highest BCUT2D eigenvalue weighted by molar-refractivity contribution is 7.89. The van der Waals surface area contributed by atoms with Gasteiger partial charge in [-0.3, -0.25) is 14.5 Å². The molecule has 1 aromatic rings. The standard InChI is InChI=1S/C27H44N4O5S/c1-20(2)16-29(17-21(3)4)12-6-11-28-26(32)18-31-24-15-23(7-8-25(24)36-19-27(31)33)37(34,35)30-13-9-22(5)10-14-30/h7-8,15,20-22H,6,9-14,16-19H2,1-5H3,(H,28,32). The van der Waals surface area contributed by atoms with Gasteiger partial charge >= 0.3 is 0 Å². The monoisotopic (exact) mass is 536 g/mol. The predicted molar refractivity (Wildman–Crippen MR) is 145 cm³/mol. The molecule has 3 rings (SSSR count). The molecule has 0 aliphatic carbocycles. The van der Waals surface area contributed by atoms with E-state index in [-0.39, 0.29) is 29.9 Å². The number of benzene rings is 1. The van der Waals surface area contributed by atoms with E-state index in [1.807, 2.05) is 0 Å². The first-order valence-electron chi connectivity index (χ1n) is 13.5. The molecule has 2 heterocycles. The zero-order valence-electron chi connectivity index (χ0n) is 23.0. The molecule has 2 aliphatic rings. The lowest BCUT2D eigenvalue weighted by atomic mass is 10.0. The topological polar surface area (TPSA) is 99.3 Å². The molecule has 1 aromatic carbocycles. The third-order valence-electron chi connectivity index (χ3n) is 6.78. The van der Waals surface area contributed by atoms with E-state index in [0.29, 0.717) is 48.8 Å². The number of fused-ring (bicyclic) bond motifs is 1. The van der Waals surface area contributed by atoms with Crippen molar-refractivity contribution in [2.45, 2.75) is 58.8 Å². The van der Waals surface area contributed by atoms with Crippen molar-refractivity contribution in [2.24, 2.45) is 17.8 Å². The van der Waals surface area contributed by atoms with Crippen molar-refractivity contribution in [1.29, 1.82) is 0 Å². The summed E-state index contributed by atoms with van der Waals surface area (Å²) in [6, 6.07) is 4.55. The fourth-order valence-corrected chi connectivity index (χ4v) is 6.40. The molecule has 1 fully saturated rings. The van der Waals surface area contributed by atoms with E-state index >= 15 is 0 Å². The molecule has 2 aliphatic heterocycles. The number of carbonyl (C=O) groups is 2. The lowest BCUT2D eigenvalue weighted by Gasteiger charge is -2.31. The van der Waals surface area contributed by atoms with Crippen LogP contribution in [0.5, 0.6) is 5.75 Å². The van der Waals surface area contributed by atoms with E-state index in [2.05, 4.69) is 44.8 Å². The van der Waals surface area contributed by atoms with E-state index in [0.717, 1.165) is 38.9 Å². The van der Waals surface area contributed by atoms with Gasteiger partial charge < -0.3 is 15.0 Å². The Balaban J connectivity index is 1.62. The number of rotatable bonds is 12. The smallest absolute Gasteiger partial charge is 0.265 e. The number of hydrogen-bond donors (Lipinski definition) is 1. The lowest BCUT2D eigenvalue weighted by molar-refractivity contribution is -0.125. The maximum Gasteiger partial charge on any atom is 0.265 e. The molecule has 10 heteroatoms. The van der Waals surface area contributed by atoms with Gasteiger partial charge in [0.2, 0.25) is 15.9 Å². The first-order chi connectivity index (χ1) is 17.5.